The molecule has 1 N–H and O–H groups in total. The molecule has 0 aliphatic heterocycles. The molecule has 21 heavy (non-hydrogen) atoms. The van der Waals surface area contributed by atoms with Crippen LogP contribution >= 0.6 is 0 Å². The first-order valence-corrected chi connectivity index (χ1v) is 8.54. The number of hydrogen-bond donors (Lipinski definition) is 1. The third-order valence-electron chi connectivity index (χ3n) is 5.52. The molecule has 2 saturated carbocycles. The normalized spacial score (nSPS) is 25.3. The van der Waals surface area contributed by atoms with Crippen LogP contribution in [-0.2, 0) is 6.42 Å². The number of rotatable bonds is 4. The summed E-state index contributed by atoms with van der Waals surface area (Å²) in [7, 11) is 0. The molecule has 3 rings (SSSR count). The van der Waals surface area contributed by atoms with Gasteiger partial charge in [-0.2, -0.15) is 4.98 Å². The van der Waals surface area contributed by atoms with Gasteiger partial charge in [0.15, 0.2) is 5.82 Å². The van der Waals surface area contributed by atoms with Crippen LogP contribution in [-0.4, -0.2) is 21.4 Å². The van der Waals surface area contributed by atoms with Crippen LogP contribution in [0.15, 0.2) is 4.52 Å². The van der Waals surface area contributed by atoms with Crippen molar-refractivity contribution in [2.45, 2.75) is 83.7 Å². The van der Waals surface area contributed by atoms with E-state index in [0.29, 0.717) is 29.6 Å². The summed E-state index contributed by atoms with van der Waals surface area (Å²) >= 11 is 0. The van der Waals surface area contributed by atoms with Crippen LogP contribution in [0.4, 0.5) is 0 Å². The molecule has 0 saturated heterocycles. The predicted molar refractivity (Wildman–Crippen MR) is 81.0 cm³/mol. The molecular weight excluding hydrogens is 264 g/mol. The van der Waals surface area contributed by atoms with E-state index < -0.39 is 0 Å². The Kier molecular flexibility index (Phi) is 4.34. The zero-order valence-electron chi connectivity index (χ0n) is 13.3. The highest BCUT2D eigenvalue weighted by Gasteiger charge is 2.31. The first-order chi connectivity index (χ1) is 10.0. The van der Waals surface area contributed by atoms with Crippen molar-refractivity contribution in [3.05, 3.63) is 11.7 Å². The molecule has 1 heterocycles. The number of nitrogens with zero attached hydrogens (tertiary/aromatic N) is 2. The van der Waals surface area contributed by atoms with Crippen molar-refractivity contribution in [2.75, 3.05) is 0 Å². The molecule has 0 aromatic carbocycles. The van der Waals surface area contributed by atoms with Gasteiger partial charge in [-0.05, 0) is 49.9 Å². The number of aliphatic hydroxyl groups excluding tert-OH is 1. The predicted octanol–water partition coefficient (Wildman–Crippen LogP) is 3.85. The van der Waals surface area contributed by atoms with Gasteiger partial charge in [-0.1, -0.05) is 31.8 Å². The SMILES string of the molecule is CC1(C)CCC(c2noc(CC(O)C3CCCC3)n2)CC1. The molecule has 0 spiro atoms. The molecule has 1 atom stereocenters. The van der Waals surface area contributed by atoms with Crippen LogP contribution in [0.2, 0.25) is 0 Å². The van der Waals surface area contributed by atoms with Crippen LogP contribution in [0.25, 0.3) is 0 Å². The van der Waals surface area contributed by atoms with Crippen LogP contribution in [0, 0.1) is 11.3 Å². The Balaban J connectivity index is 1.56. The van der Waals surface area contributed by atoms with Crippen molar-refractivity contribution in [1.82, 2.24) is 10.1 Å². The van der Waals surface area contributed by atoms with Crippen LogP contribution < -0.4 is 0 Å². The van der Waals surface area contributed by atoms with Crippen LogP contribution in [0.3, 0.4) is 0 Å². The summed E-state index contributed by atoms with van der Waals surface area (Å²) in [6.45, 7) is 4.67. The van der Waals surface area contributed by atoms with Gasteiger partial charge < -0.3 is 9.63 Å². The Morgan fingerprint density at radius 1 is 1.19 bits per heavy atom. The lowest BCUT2D eigenvalue weighted by Crippen LogP contribution is -2.21. The van der Waals surface area contributed by atoms with Crippen molar-refractivity contribution < 1.29 is 9.63 Å². The number of aliphatic hydroxyl groups is 1. The van der Waals surface area contributed by atoms with E-state index in [4.69, 9.17) is 4.52 Å². The average molecular weight is 292 g/mol. The Bertz CT molecular complexity index is 453. The van der Waals surface area contributed by atoms with Crippen molar-refractivity contribution in [3.63, 3.8) is 0 Å². The smallest absolute Gasteiger partial charge is 0.229 e. The fourth-order valence-electron chi connectivity index (χ4n) is 3.86. The highest BCUT2D eigenvalue weighted by Crippen LogP contribution is 2.41. The topological polar surface area (TPSA) is 59.2 Å². The van der Waals surface area contributed by atoms with E-state index in [1.165, 1.54) is 25.7 Å². The standard InChI is InChI=1S/C17H28N2O2/c1-17(2)9-7-13(8-10-17)16-18-15(21-19-16)11-14(20)12-5-3-4-6-12/h12-14,20H,3-11H2,1-2H3. The largest absolute Gasteiger partial charge is 0.392 e. The molecule has 0 radical (unpaired) electrons. The van der Waals surface area contributed by atoms with E-state index in [0.717, 1.165) is 31.5 Å². The molecular formula is C17H28N2O2. The quantitative estimate of drug-likeness (QED) is 0.915. The van der Waals surface area contributed by atoms with E-state index in [9.17, 15) is 5.11 Å². The summed E-state index contributed by atoms with van der Waals surface area (Å²) in [5, 5.41) is 14.4. The first kappa shape index (κ1) is 15.0. The molecule has 0 amide bonds. The van der Waals surface area contributed by atoms with Crippen molar-refractivity contribution >= 4 is 0 Å². The zero-order chi connectivity index (χ0) is 14.9. The Labute approximate surface area is 127 Å². The summed E-state index contributed by atoms with van der Waals surface area (Å²) < 4.78 is 5.38. The Morgan fingerprint density at radius 2 is 1.86 bits per heavy atom. The fraction of sp³-hybridized carbons (Fsp3) is 0.882. The lowest BCUT2D eigenvalue weighted by molar-refractivity contribution is 0.102. The van der Waals surface area contributed by atoms with Gasteiger partial charge in [-0.25, -0.2) is 0 Å². The van der Waals surface area contributed by atoms with Gasteiger partial charge in [0, 0.05) is 5.92 Å². The van der Waals surface area contributed by atoms with Crippen molar-refractivity contribution in [1.29, 1.82) is 0 Å². The van der Waals surface area contributed by atoms with Crippen LogP contribution in [0.1, 0.15) is 82.8 Å². The maximum absolute atomic E-state index is 10.3. The van der Waals surface area contributed by atoms with E-state index in [-0.39, 0.29) is 6.10 Å². The zero-order valence-corrected chi connectivity index (χ0v) is 13.3. The summed E-state index contributed by atoms with van der Waals surface area (Å²) in [6.07, 6.45) is 9.73. The summed E-state index contributed by atoms with van der Waals surface area (Å²) in [5.41, 5.74) is 0.460. The number of hydrogen-bond acceptors (Lipinski definition) is 4. The fourth-order valence-corrected chi connectivity index (χ4v) is 3.86. The van der Waals surface area contributed by atoms with Gasteiger partial charge in [0.05, 0.1) is 12.5 Å². The van der Waals surface area contributed by atoms with Gasteiger partial charge in [0.25, 0.3) is 0 Å². The second-order valence-corrected chi connectivity index (χ2v) is 7.80. The minimum Gasteiger partial charge on any atom is -0.392 e. The van der Waals surface area contributed by atoms with Crippen molar-refractivity contribution in [3.8, 4) is 0 Å². The van der Waals surface area contributed by atoms with Gasteiger partial charge in [0.1, 0.15) is 0 Å². The summed E-state index contributed by atoms with van der Waals surface area (Å²) in [4.78, 5) is 4.56. The monoisotopic (exact) mass is 292 g/mol. The molecule has 1 aromatic heterocycles. The lowest BCUT2D eigenvalue weighted by atomic mass is 9.73. The third-order valence-corrected chi connectivity index (χ3v) is 5.52. The van der Waals surface area contributed by atoms with E-state index in [1.54, 1.807) is 0 Å². The third kappa shape index (κ3) is 3.65. The molecule has 4 heteroatoms. The highest BCUT2D eigenvalue weighted by atomic mass is 16.5. The minimum absolute atomic E-state index is 0.314. The van der Waals surface area contributed by atoms with Gasteiger partial charge >= 0.3 is 0 Å². The maximum Gasteiger partial charge on any atom is 0.229 e. The van der Waals surface area contributed by atoms with Crippen LogP contribution in [0.5, 0.6) is 0 Å². The van der Waals surface area contributed by atoms with Gasteiger partial charge in [-0.15, -0.1) is 0 Å². The summed E-state index contributed by atoms with van der Waals surface area (Å²) in [5.74, 6) is 2.35. The Hall–Kier alpha value is -0.900. The van der Waals surface area contributed by atoms with E-state index >= 15 is 0 Å². The molecule has 2 aliphatic carbocycles. The molecule has 4 nitrogen and oxygen atoms in total. The van der Waals surface area contributed by atoms with Crippen molar-refractivity contribution in [2.24, 2.45) is 11.3 Å². The molecule has 0 bridgehead atoms. The Morgan fingerprint density at radius 3 is 2.52 bits per heavy atom. The highest BCUT2D eigenvalue weighted by molar-refractivity contribution is 5.00. The van der Waals surface area contributed by atoms with Gasteiger partial charge in [-0.3, -0.25) is 0 Å². The van der Waals surface area contributed by atoms with Gasteiger partial charge in [0.2, 0.25) is 5.89 Å². The molecule has 2 aliphatic rings. The maximum atomic E-state index is 10.3. The van der Waals surface area contributed by atoms with E-state index in [2.05, 4.69) is 24.0 Å². The minimum atomic E-state index is -0.314. The second kappa shape index (κ2) is 6.07. The molecule has 118 valence electrons. The average Bonchev–Trinajstić information content (AvgIpc) is 3.09. The molecule has 1 unspecified atom stereocenters. The first-order valence-electron chi connectivity index (χ1n) is 8.54. The second-order valence-electron chi connectivity index (χ2n) is 7.80. The van der Waals surface area contributed by atoms with E-state index in [1.807, 2.05) is 0 Å². The molecule has 2 fully saturated rings. The molecule has 1 aromatic rings. The number of aromatic nitrogens is 2. The lowest BCUT2D eigenvalue weighted by Gasteiger charge is -2.32. The summed E-state index contributed by atoms with van der Waals surface area (Å²) in [6, 6.07) is 0.